The molecule has 0 unspecified atom stereocenters. The number of benzene rings is 3. The first-order chi connectivity index (χ1) is 17.8. The predicted octanol–water partition coefficient (Wildman–Crippen LogP) is 5.73. The van der Waals surface area contributed by atoms with Gasteiger partial charge in [0, 0.05) is 14.5 Å². The molecule has 0 radical (unpaired) electrons. The fourth-order valence-corrected chi connectivity index (χ4v) is 4.29. The zero-order valence-corrected chi connectivity index (χ0v) is 22.6. The number of hydrogen-bond acceptors (Lipinski definition) is 6. The van der Waals surface area contributed by atoms with E-state index in [0.717, 1.165) is 14.9 Å². The third kappa shape index (κ3) is 5.74. The van der Waals surface area contributed by atoms with Crippen molar-refractivity contribution in [2.75, 3.05) is 11.5 Å². The number of imide groups is 2. The molecule has 3 aromatic rings. The van der Waals surface area contributed by atoms with Gasteiger partial charge in [0.05, 0.1) is 23.9 Å². The van der Waals surface area contributed by atoms with Crippen LogP contribution in [0, 0.1) is 11.3 Å². The highest BCUT2D eigenvalue weighted by Crippen LogP contribution is 2.36. The molecule has 3 aromatic carbocycles. The first-order valence-electron chi connectivity index (χ1n) is 11.1. The first kappa shape index (κ1) is 26.1. The second kappa shape index (κ2) is 11.4. The van der Waals surface area contributed by atoms with Crippen LogP contribution in [0.4, 0.5) is 10.5 Å². The average molecular weight is 625 g/mol. The number of barbiturate groups is 1. The molecule has 4 amide bonds. The van der Waals surface area contributed by atoms with Crippen LogP contribution in [0.3, 0.4) is 0 Å². The molecule has 1 fully saturated rings. The summed E-state index contributed by atoms with van der Waals surface area (Å²) >= 11 is 6.79. The van der Waals surface area contributed by atoms with Crippen molar-refractivity contribution in [2.45, 2.75) is 13.5 Å². The minimum Gasteiger partial charge on any atom is -0.490 e. The molecule has 0 saturated carbocycles. The molecule has 1 heterocycles. The molecule has 0 aromatic heterocycles. The molecular weight excluding hydrogens is 606 g/mol. The molecular formula is C27H19Br2N3O5. The maximum atomic E-state index is 13.2. The molecule has 0 aliphatic carbocycles. The second-order valence-corrected chi connectivity index (χ2v) is 9.52. The first-order valence-corrected chi connectivity index (χ1v) is 12.6. The van der Waals surface area contributed by atoms with Crippen molar-refractivity contribution in [2.24, 2.45) is 0 Å². The van der Waals surface area contributed by atoms with Crippen LogP contribution in [0.25, 0.3) is 6.08 Å². The van der Waals surface area contributed by atoms with Gasteiger partial charge in [-0.3, -0.25) is 14.9 Å². The molecule has 1 aliphatic heterocycles. The number of halogens is 2. The molecule has 0 bridgehead atoms. The third-order valence-corrected chi connectivity index (χ3v) is 6.59. The van der Waals surface area contributed by atoms with Gasteiger partial charge in [0.15, 0.2) is 11.5 Å². The van der Waals surface area contributed by atoms with Gasteiger partial charge in [-0.1, -0.05) is 50.1 Å². The lowest BCUT2D eigenvalue weighted by Gasteiger charge is -2.26. The fraction of sp³-hybridized carbons (Fsp3) is 0.111. The van der Waals surface area contributed by atoms with Crippen molar-refractivity contribution < 1.29 is 23.9 Å². The second-order valence-electron chi connectivity index (χ2n) is 7.75. The SMILES string of the molecule is CCOc1cc(/C=C2\C(=O)NC(=O)N(c3ccc(Br)cc3)C2=O)c(Br)cc1OCc1ccccc1C#N. The van der Waals surface area contributed by atoms with Crippen molar-refractivity contribution in [3.63, 3.8) is 0 Å². The van der Waals surface area contributed by atoms with Crippen LogP contribution >= 0.6 is 31.9 Å². The number of nitrogens with one attached hydrogen (secondary N) is 1. The number of rotatable bonds is 7. The number of carbonyl (C=O) groups is 3. The molecule has 1 N–H and O–H groups in total. The van der Waals surface area contributed by atoms with E-state index in [1.807, 2.05) is 13.0 Å². The van der Waals surface area contributed by atoms with Gasteiger partial charge in [-0.05, 0) is 61.0 Å². The highest BCUT2D eigenvalue weighted by Gasteiger charge is 2.37. The summed E-state index contributed by atoms with van der Waals surface area (Å²) in [7, 11) is 0. The minimum absolute atomic E-state index is 0.141. The van der Waals surface area contributed by atoms with E-state index in [9.17, 15) is 19.6 Å². The summed E-state index contributed by atoms with van der Waals surface area (Å²) in [6.45, 7) is 2.30. The van der Waals surface area contributed by atoms with E-state index in [4.69, 9.17) is 9.47 Å². The van der Waals surface area contributed by atoms with Crippen molar-refractivity contribution in [3.8, 4) is 17.6 Å². The number of nitriles is 1. The van der Waals surface area contributed by atoms with E-state index in [1.165, 1.54) is 6.08 Å². The summed E-state index contributed by atoms with van der Waals surface area (Å²) < 4.78 is 13.0. The number of ether oxygens (including phenoxy) is 2. The Bertz CT molecular complexity index is 1460. The van der Waals surface area contributed by atoms with Crippen LogP contribution in [0.5, 0.6) is 11.5 Å². The van der Waals surface area contributed by atoms with Gasteiger partial charge < -0.3 is 9.47 Å². The Morgan fingerprint density at radius 2 is 1.70 bits per heavy atom. The van der Waals surface area contributed by atoms with Crippen molar-refractivity contribution in [3.05, 3.63) is 91.9 Å². The maximum Gasteiger partial charge on any atom is 0.335 e. The van der Waals surface area contributed by atoms with E-state index in [2.05, 4.69) is 43.2 Å². The average Bonchev–Trinajstić information content (AvgIpc) is 2.88. The Hall–Kier alpha value is -3.94. The third-order valence-electron chi connectivity index (χ3n) is 5.37. The highest BCUT2D eigenvalue weighted by atomic mass is 79.9. The van der Waals surface area contributed by atoms with Crippen LogP contribution in [-0.4, -0.2) is 24.5 Å². The summed E-state index contributed by atoms with van der Waals surface area (Å²) in [5.41, 5.74) is 1.79. The number of anilines is 1. The quantitative estimate of drug-likeness (QED) is 0.266. The van der Waals surface area contributed by atoms with Crippen LogP contribution < -0.4 is 19.7 Å². The van der Waals surface area contributed by atoms with Crippen LogP contribution in [0.15, 0.2) is 75.2 Å². The summed E-state index contributed by atoms with van der Waals surface area (Å²) in [4.78, 5) is 39.2. The molecule has 37 heavy (non-hydrogen) atoms. The number of hydrogen-bond donors (Lipinski definition) is 1. The van der Waals surface area contributed by atoms with E-state index in [1.54, 1.807) is 54.6 Å². The lowest BCUT2D eigenvalue weighted by molar-refractivity contribution is -0.122. The molecule has 4 rings (SSSR count). The van der Waals surface area contributed by atoms with Crippen LogP contribution in [-0.2, 0) is 16.2 Å². The number of amides is 4. The zero-order chi connectivity index (χ0) is 26.5. The Labute approximate surface area is 229 Å². The Kier molecular flexibility index (Phi) is 8.06. The van der Waals surface area contributed by atoms with E-state index >= 15 is 0 Å². The minimum atomic E-state index is -0.829. The molecule has 1 saturated heterocycles. The number of nitrogens with zero attached hydrogens (tertiary/aromatic N) is 2. The molecule has 8 nitrogen and oxygen atoms in total. The fourth-order valence-electron chi connectivity index (χ4n) is 3.59. The van der Waals surface area contributed by atoms with Gasteiger partial charge >= 0.3 is 6.03 Å². The monoisotopic (exact) mass is 623 g/mol. The van der Waals surface area contributed by atoms with Crippen molar-refractivity contribution in [1.82, 2.24) is 5.32 Å². The largest absolute Gasteiger partial charge is 0.490 e. The van der Waals surface area contributed by atoms with E-state index in [0.29, 0.717) is 39.4 Å². The van der Waals surface area contributed by atoms with Gasteiger partial charge in [0.25, 0.3) is 11.8 Å². The smallest absolute Gasteiger partial charge is 0.335 e. The van der Waals surface area contributed by atoms with Gasteiger partial charge in [-0.15, -0.1) is 0 Å². The van der Waals surface area contributed by atoms with Crippen molar-refractivity contribution >= 4 is 61.5 Å². The normalized spacial score (nSPS) is 14.4. The zero-order valence-electron chi connectivity index (χ0n) is 19.5. The Morgan fingerprint density at radius 1 is 1.00 bits per heavy atom. The lowest BCUT2D eigenvalue weighted by Crippen LogP contribution is -2.54. The molecule has 186 valence electrons. The molecule has 0 atom stereocenters. The molecule has 1 aliphatic rings. The van der Waals surface area contributed by atoms with Gasteiger partial charge in [0.1, 0.15) is 12.2 Å². The van der Waals surface area contributed by atoms with Crippen LogP contribution in [0.2, 0.25) is 0 Å². The van der Waals surface area contributed by atoms with Crippen molar-refractivity contribution in [1.29, 1.82) is 5.26 Å². The Balaban J connectivity index is 1.67. The summed E-state index contributed by atoms with van der Waals surface area (Å²) in [6, 6.07) is 18.3. The summed E-state index contributed by atoms with van der Waals surface area (Å²) in [5, 5.41) is 11.5. The predicted molar refractivity (Wildman–Crippen MR) is 144 cm³/mol. The number of carbonyl (C=O) groups excluding carboxylic acids is 3. The van der Waals surface area contributed by atoms with E-state index in [-0.39, 0.29) is 12.2 Å². The standard InChI is InChI=1S/C27H19Br2N3O5/c1-2-36-23-12-18(22(29)13-24(23)37-15-17-6-4-3-5-16(17)14-30)11-21-25(33)31-27(35)32(26(21)34)20-9-7-19(28)8-10-20/h3-13H,2,15H2,1H3,(H,31,33,35)/b21-11+. The lowest BCUT2D eigenvalue weighted by atomic mass is 10.1. The topological polar surface area (TPSA) is 109 Å². The molecule has 0 spiro atoms. The highest BCUT2D eigenvalue weighted by molar-refractivity contribution is 9.10. The van der Waals surface area contributed by atoms with Gasteiger partial charge in [-0.25, -0.2) is 9.69 Å². The summed E-state index contributed by atoms with van der Waals surface area (Å²) in [5.74, 6) is -0.762. The van der Waals surface area contributed by atoms with Gasteiger partial charge in [-0.2, -0.15) is 5.26 Å². The van der Waals surface area contributed by atoms with E-state index < -0.39 is 17.8 Å². The Morgan fingerprint density at radius 3 is 2.41 bits per heavy atom. The maximum absolute atomic E-state index is 13.2. The van der Waals surface area contributed by atoms with Gasteiger partial charge in [0.2, 0.25) is 0 Å². The number of urea groups is 1. The summed E-state index contributed by atoms with van der Waals surface area (Å²) in [6.07, 6.45) is 1.39. The molecule has 10 heteroatoms. The van der Waals surface area contributed by atoms with Crippen LogP contribution in [0.1, 0.15) is 23.6 Å².